The van der Waals surface area contributed by atoms with E-state index in [2.05, 4.69) is 235 Å². The molecule has 0 aromatic heterocycles. The van der Waals surface area contributed by atoms with Crippen LogP contribution in [0.4, 0.5) is 45.5 Å². The van der Waals surface area contributed by atoms with Gasteiger partial charge in [0.1, 0.15) is 0 Å². The van der Waals surface area contributed by atoms with Gasteiger partial charge in [-0.05, 0) is 134 Å². The lowest BCUT2D eigenvalue weighted by molar-refractivity contribution is 0.728. The molecule has 1 atom stereocenters. The van der Waals surface area contributed by atoms with Crippen LogP contribution in [-0.2, 0) is 0 Å². The quantitative estimate of drug-likeness (QED) is 0.142. The van der Waals surface area contributed by atoms with E-state index in [0.29, 0.717) is 5.92 Å². The highest BCUT2D eigenvalue weighted by molar-refractivity contribution is 5.82. The van der Waals surface area contributed by atoms with E-state index in [9.17, 15) is 0 Å². The molecule has 3 nitrogen and oxygen atoms in total. The molecule has 3 heteroatoms. The van der Waals surface area contributed by atoms with E-state index in [1.54, 1.807) is 0 Å². The molecular weight excluding hydrogens is 643 g/mol. The zero-order valence-electron chi connectivity index (χ0n) is 30.3. The Kier molecular flexibility index (Phi) is 9.72. The van der Waals surface area contributed by atoms with Gasteiger partial charge in [0.2, 0.25) is 0 Å². The molecule has 0 fully saturated rings. The van der Waals surface area contributed by atoms with Gasteiger partial charge in [-0.3, -0.25) is 0 Å². The number of hydrogen-bond acceptors (Lipinski definition) is 3. The minimum absolute atomic E-state index is 0.554. The summed E-state index contributed by atoms with van der Waals surface area (Å²) in [6.07, 6.45) is 7.94. The summed E-state index contributed by atoms with van der Waals surface area (Å²) in [6, 6.07) is 67.2. The Bertz CT molecular complexity index is 2290. The van der Waals surface area contributed by atoms with Crippen molar-refractivity contribution in [1.82, 2.24) is 0 Å². The number of hydrogen-bond donors (Lipinski definition) is 0. The Morgan fingerprint density at radius 1 is 0.377 bits per heavy atom. The Morgan fingerprint density at radius 2 is 0.698 bits per heavy atom. The van der Waals surface area contributed by atoms with Crippen LogP contribution in [0.2, 0.25) is 0 Å². The SMILES string of the molecule is Cc1ccc(N(c2ccccc2)c2ccc(-c3ccc(N(c4ccccc4)c4ccc(N(C5=CCC(C)C=C5)c5ccccc5)cc4)cc3)cc2)cc1. The van der Waals surface area contributed by atoms with Gasteiger partial charge in [0.25, 0.3) is 0 Å². The van der Waals surface area contributed by atoms with Crippen LogP contribution in [0.3, 0.4) is 0 Å². The first kappa shape index (κ1) is 33.6. The fraction of sp³-hybridized carbons (Fsp3) is 0.0800. The third-order valence-corrected chi connectivity index (χ3v) is 9.84. The second-order valence-electron chi connectivity index (χ2n) is 13.7. The second kappa shape index (κ2) is 15.3. The molecule has 1 aliphatic carbocycles. The topological polar surface area (TPSA) is 9.72 Å². The predicted octanol–water partition coefficient (Wildman–Crippen LogP) is 14.2. The normalized spacial score (nSPS) is 13.6. The molecule has 7 aromatic rings. The summed E-state index contributed by atoms with van der Waals surface area (Å²) < 4.78 is 0. The maximum Gasteiger partial charge on any atom is 0.0463 e. The molecule has 8 rings (SSSR count). The van der Waals surface area contributed by atoms with E-state index in [1.807, 2.05) is 0 Å². The fourth-order valence-electron chi connectivity index (χ4n) is 7.01. The lowest BCUT2D eigenvalue weighted by Gasteiger charge is -2.30. The van der Waals surface area contributed by atoms with Crippen LogP contribution in [0.5, 0.6) is 0 Å². The molecule has 258 valence electrons. The Hall–Kier alpha value is -6.58. The molecule has 7 aromatic carbocycles. The van der Waals surface area contributed by atoms with Gasteiger partial charge >= 0.3 is 0 Å². The second-order valence-corrected chi connectivity index (χ2v) is 13.7. The molecule has 53 heavy (non-hydrogen) atoms. The van der Waals surface area contributed by atoms with Gasteiger partial charge in [-0.15, -0.1) is 0 Å². The average molecular weight is 686 g/mol. The zero-order valence-corrected chi connectivity index (χ0v) is 30.3. The molecule has 1 unspecified atom stereocenters. The van der Waals surface area contributed by atoms with E-state index in [0.717, 1.165) is 51.9 Å². The maximum atomic E-state index is 2.35. The highest BCUT2D eigenvalue weighted by Crippen LogP contribution is 2.40. The molecule has 1 aliphatic rings. The van der Waals surface area contributed by atoms with Crippen molar-refractivity contribution in [1.29, 1.82) is 0 Å². The average Bonchev–Trinajstić information content (AvgIpc) is 3.22. The van der Waals surface area contributed by atoms with Gasteiger partial charge in [-0.2, -0.15) is 0 Å². The van der Waals surface area contributed by atoms with E-state index in [1.165, 1.54) is 22.4 Å². The number of aryl methyl sites for hydroxylation is 1. The van der Waals surface area contributed by atoms with Crippen LogP contribution in [-0.4, -0.2) is 0 Å². The van der Waals surface area contributed by atoms with Gasteiger partial charge in [0, 0.05) is 51.2 Å². The molecule has 0 N–H and O–H groups in total. The van der Waals surface area contributed by atoms with Gasteiger partial charge < -0.3 is 14.7 Å². The smallest absolute Gasteiger partial charge is 0.0463 e. The minimum atomic E-state index is 0.554. The number of rotatable bonds is 10. The van der Waals surface area contributed by atoms with Crippen molar-refractivity contribution in [3.63, 3.8) is 0 Å². The van der Waals surface area contributed by atoms with Crippen LogP contribution in [0.25, 0.3) is 11.1 Å². The number of anilines is 8. The van der Waals surface area contributed by atoms with Gasteiger partial charge in [-0.1, -0.05) is 116 Å². The molecule has 0 bridgehead atoms. The van der Waals surface area contributed by atoms with Gasteiger partial charge in [0.15, 0.2) is 0 Å². The molecule has 0 amide bonds. The van der Waals surface area contributed by atoms with Gasteiger partial charge in [0.05, 0.1) is 0 Å². The third-order valence-electron chi connectivity index (χ3n) is 9.84. The molecule has 0 radical (unpaired) electrons. The molecule has 0 spiro atoms. The summed E-state index contributed by atoms with van der Waals surface area (Å²) in [5, 5.41) is 0. The summed E-state index contributed by atoms with van der Waals surface area (Å²) in [5.74, 6) is 0.554. The first-order chi connectivity index (χ1) is 26.1. The lowest BCUT2D eigenvalue weighted by Crippen LogP contribution is -2.17. The summed E-state index contributed by atoms with van der Waals surface area (Å²) in [6.45, 7) is 4.39. The molecular formula is C50H43N3. The van der Waals surface area contributed by atoms with Crippen molar-refractivity contribution in [3.05, 3.63) is 218 Å². The summed E-state index contributed by atoms with van der Waals surface area (Å²) in [7, 11) is 0. The van der Waals surface area contributed by atoms with Crippen molar-refractivity contribution < 1.29 is 0 Å². The van der Waals surface area contributed by atoms with Crippen LogP contribution in [0.15, 0.2) is 212 Å². The van der Waals surface area contributed by atoms with Crippen LogP contribution in [0, 0.1) is 12.8 Å². The van der Waals surface area contributed by atoms with E-state index >= 15 is 0 Å². The Morgan fingerprint density at radius 3 is 1.08 bits per heavy atom. The van der Waals surface area contributed by atoms with Crippen molar-refractivity contribution in [2.75, 3.05) is 14.7 Å². The lowest BCUT2D eigenvalue weighted by atomic mass is 10.0. The van der Waals surface area contributed by atoms with E-state index in [4.69, 9.17) is 0 Å². The van der Waals surface area contributed by atoms with Gasteiger partial charge in [-0.25, -0.2) is 0 Å². The van der Waals surface area contributed by atoms with Crippen molar-refractivity contribution in [2.45, 2.75) is 20.3 Å². The molecule has 0 heterocycles. The predicted molar refractivity (Wildman–Crippen MR) is 226 cm³/mol. The zero-order chi connectivity index (χ0) is 36.0. The molecule has 0 aliphatic heterocycles. The highest BCUT2D eigenvalue weighted by atomic mass is 15.2. The van der Waals surface area contributed by atoms with Crippen molar-refractivity contribution >= 4 is 45.5 Å². The number of benzene rings is 7. The van der Waals surface area contributed by atoms with Crippen LogP contribution in [0.1, 0.15) is 18.9 Å². The maximum absolute atomic E-state index is 2.35. The summed E-state index contributed by atoms with van der Waals surface area (Å²) in [5.41, 5.74) is 13.8. The van der Waals surface area contributed by atoms with Crippen molar-refractivity contribution in [3.8, 4) is 11.1 Å². The first-order valence-electron chi connectivity index (χ1n) is 18.4. The van der Waals surface area contributed by atoms with E-state index in [-0.39, 0.29) is 0 Å². The number of para-hydroxylation sites is 3. The van der Waals surface area contributed by atoms with Crippen LogP contribution < -0.4 is 14.7 Å². The standard InChI is InChI=1S/C50H43N3/c1-38-18-26-45(27-19-38)51(42-12-6-3-7-13-42)47-30-22-40(23-31-47)41-24-32-48(33-25-41)53(44-16-10-5-11-17-44)50-36-34-49(35-37-50)52(43-14-8-4-9-15-43)46-28-20-39(2)21-29-46/h3-20,22-37,39H,21H2,1-2H3. The molecule has 0 saturated carbocycles. The Labute approximate surface area is 314 Å². The highest BCUT2D eigenvalue weighted by Gasteiger charge is 2.18. The monoisotopic (exact) mass is 685 g/mol. The third kappa shape index (κ3) is 7.42. The van der Waals surface area contributed by atoms with E-state index < -0.39 is 0 Å². The number of nitrogens with zero attached hydrogens (tertiary/aromatic N) is 3. The Balaban J connectivity index is 1.09. The largest absolute Gasteiger partial charge is 0.311 e. The summed E-state index contributed by atoms with van der Waals surface area (Å²) in [4.78, 5) is 6.97. The minimum Gasteiger partial charge on any atom is -0.311 e. The van der Waals surface area contributed by atoms with Crippen molar-refractivity contribution in [2.24, 2.45) is 5.92 Å². The summed E-state index contributed by atoms with van der Waals surface area (Å²) >= 11 is 0. The molecule has 0 saturated heterocycles. The first-order valence-corrected chi connectivity index (χ1v) is 18.4. The number of allylic oxidation sites excluding steroid dienone is 3. The van der Waals surface area contributed by atoms with Crippen LogP contribution >= 0.6 is 0 Å². The fourth-order valence-corrected chi connectivity index (χ4v) is 7.01.